The first-order valence-corrected chi connectivity index (χ1v) is 6.99. The molecular weight excluding hydrogens is 380 g/mol. The quantitative estimate of drug-likeness (QED) is 0.751. The molecule has 4 amide bonds. The number of imide groups is 2. The van der Waals surface area contributed by atoms with Crippen LogP contribution in [0.2, 0.25) is 0 Å². The molecule has 0 saturated carbocycles. The van der Waals surface area contributed by atoms with Crippen molar-refractivity contribution in [2.75, 3.05) is 4.90 Å². The number of rotatable bonds is 1. The predicted molar refractivity (Wildman–Crippen MR) is 76.6 cm³/mol. The van der Waals surface area contributed by atoms with Crippen molar-refractivity contribution in [2.24, 2.45) is 5.41 Å². The SMILES string of the molecule is CC1(C)C(=O)NC(=O)N(c2ccc(Br)cc2Br)C1=O. The van der Waals surface area contributed by atoms with E-state index in [1.165, 1.54) is 13.8 Å². The minimum absolute atomic E-state index is 0.395. The van der Waals surface area contributed by atoms with Gasteiger partial charge in [0.25, 0.3) is 0 Å². The average Bonchev–Trinajstić information content (AvgIpc) is 2.30. The van der Waals surface area contributed by atoms with Crippen LogP contribution in [-0.2, 0) is 9.59 Å². The molecule has 1 N–H and O–H groups in total. The van der Waals surface area contributed by atoms with Crippen LogP contribution < -0.4 is 10.2 Å². The molecule has 19 heavy (non-hydrogen) atoms. The number of nitrogens with one attached hydrogen (secondary N) is 1. The molecule has 0 atom stereocenters. The van der Waals surface area contributed by atoms with Gasteiger partial charge >= 0.3 is 6.03 Å². The number of hydrogen-bond donors (Lipinski definition) is 1. The number of halogens is 2. The van der Waals surface area contributed by atoms with Crippen molar-refractivity contribution >= 4 is 55.4 Å². The fraction of sp³-hybridized carbons (Fsp3) is 0.250. The molecule has 2 rings (SSSR count). The van der Waals surface area contributed by atoms with Gasteiger partial charge in [0.1, 0.15) is 5.41 Å². The lowest BCUT2D eigenvalue weighted by molar-refractivity contribution is -0.140. The highest BCUT2D eigenvalue weighted by molar-refractivity contribution is 9.11. The van der Waals surface area contributed by atoms with Gasteiger partial charge in [-0.05, 0) is 48.0 Å². The summed E-state index contributed by atoms with van der Waals surface area (Å²) in [5.74, 6) is -1.14. The first-order chi connectivity index (χ1) is 8.75. The minimum atomic E-state index is -1.28. The summed E-state index contributed by atoms with van der Waals surface area (Å²) in [6.07, 6.45) is 0. The van der Waals surface area contributed by atoms with Crippen molar-refractivity contribution in [1.82, 2.24) is 5.32 Å². The number of anilines is 1. The lowest BCUT2D eigenvalue weighted by Gasteiger charge is -2.34. The second kappa shape index (κ2) is 4.72. The topological polar surface area (TPSA) is 66.5 Å². The molecule has 0 bridgehead atoms. The first-order valence-electron chi connectivity index (χ1n) is 5.40. The minimum Gasteiger partial charge on any atom is -0.276 e. The van der Waals surface area contributed by atoms with E-state index in [9.17, 15) is 14.4 Å². The molecule has 100 valence electrons. The van der Waals surface area contributed by atoms with Crippen molar-refractivity contribution in [3.05, 3.63) is 27.1 Å². The highest BCUT2D eigenvalue weighted by Crippen LogP contribution is 2.34. The Kier molecular flexibility index (Phi) is 3.53. The summed E-state index contributed by atoms with van der Waals surface area (Å²) < 4.78 is 1.39. The number of benzene rings is 1. The molecule has 0 spiro atoms. The van der Waals surface area contributed by atoms with Gasteiger partial charge in [-0.25, -0.2) is 9.69 Å². The largest absolute Gasteiger partial charge is 0.335 e. The van der Waals surface area contributed by atoms with Gasteiger partial charge in [0, 0.05) is 8.95 Å². The van der Waals surface area contributed by atoms with Crippen molar-refractivity contribution in [2.45, 2.75) is 13.8 Å². The van der Waals surface area contributed by atoms with E-state index in [0.717, 1.165) is 9.37 Å². The Bertz CT molecular complexity index is 599. The zero-order valence-electron chi connectivity index (χ0n) is 10.2. The molecule has 1 saturated heterocycles. The molecule has 7 heteroatoms. The summed E-state index contributed by atoms with van der Waals surface area (Å²) in [6, 6.07) is 4.32. The smallest absolute Gasteiger partial charge is 0.276 e. The maximum atomic E-state index is 12.3. The van der Waals surface area contributed by atoms with Crippen molar-refractivity contribution in [3.63, 3.8) is 0 Å². The number of barbiturate groups is 1. The summed E-state index contributed by atoms with van der Waals surface area (Å²) in [6.45, 7) is 2.97. The number of carbonyl (C=O) groups excluding carboxylic acids is 3. The van der Waals surface area contributed by atoms with Gasteiger partial charge in [-0.15, -0.1) is 0 Å². The second-order valence-corrected chi connectivity index (χ2v) is 6.39. The third kappa shape index (κ3) is 2.32. The lowest BCUT2D eigenvalue weighted by Crippen LogP contribution is -2.62. The van der Waals surface area contributed by atoms with E-state index in [-0.39, 0.29) is 0 Å². The molecule has 0 aromatic heterocycles. The Balaban J connectivity index is 2.52. The van der Waals surface area contributed by atoms with Crippen LogP contribution in [0.4, 0.5) is 10.5 Å². The number of hydrogen-bond acceptors (Lipinski definition) is 3. The van der Waals surface area contributed by atoms with Gasteiger partial charge in [0.05, 0.1) is 5.69 Å². The molecule has 1 fully saturated rings. The van der Waals surface area contributed by atoms with Gasteiger partial charge in [0.2, 0.25) is 11.8 Å². The number of urea groups is 1. The fourth-order valence-corrected chi connectivity index (χ4v) is 2.88. The molecule has 1 aromatic rings. The Morgan fingerprint density at radius 1 is 1.16 bits per heavy atom. The second-order valence-electron chi connectivity index (χ2n) is 4.62. The Hall–Kier alpha value is -1.21. The van der Waals surface area contributed by atoms with Crippen LogP contribution in [0.25, 0.3) is 0 Å². The van der Waals surface area contributed by atoms with Crippen LogP contribution in [0.1, 0.15) is 13.8 Å². The average molecular weight is 390 g/mol. The van der Waals surface area contributed by atoms with E-state index in [1.807, 2.05) is 0 Å². The van der Waals surface area contributed by atoms with E-state index < -0.39 is 23.3 Å². The van der Waals surface area contributed by atoms with E-state index >= 15 is 0 Å². The molecule has 0 aliphatic carbocycles. The molecule has 5 nitrogen and oxygen atoms in total. The number of nitrogens with zero attached hydrogens (tertiary/aromatic N) is 1. The van der Waals surface area contributed by atoms with E-state index in [0.29, 0.717) is 10.2 Å². The molecule has 1 heterocycles. The predicted octanol–water partition coefficient (Wildman–Crippen LogP) is 2.82. The molecular formula is C12H10Br2N2O3. The van der Waals surface area contributed by atoms with E-state index in [4.69, 9.17) is 0 Å². The number of carbonyl (C=O) groups is 3. The van der Waals surface area contributed by atoms with Crippen LogP contribution in [0.5, 0.6) is 0 Å². The van der Waals surface area contributed by atoms with Gasteiger partial charge in [0.15, 0.2) is 0 Å². The van der Waals surface area contributed by atoms with Crippen LogP contribution in [0.15, 0.2) is 27.1 Å². The summed E-state index contributed by atoms with van der Waals surface area (Å²) >= 11 is 6.60. The third-order valence-electron chi connectivity index (χ3n) is 2.88. The van der Waals surface area contributed by atoms with Gasteiger partial charge in [-0.2, -0.15) is 0 Å². The van der Waals surface area contributed by atoms with Crippen molar-refractivity contribution in [1.29, 1.82) is 0 Å². The van der Waals surface area contributed by atoms with Crippen molar-refractivity contribution < 1.29 is 14.4 Å². The maximum Gasteiger partial charge on any atom is 0.335 e. The van der Waals surface area contributed by atoms with Crippen LogP contribution in [-0.4, -0.2) is 17.8 Å². The summed E-state index contributed by atoms with van der Waals surface area (Å²) in [5.41, 5.74) is -0.883. The maximum absolute atomic E-state index is 12.3. The molecule has 1 aliphatic heterocycles. The first kappa shape index (κ1) is 14.2. The van der Waals surface area contributed by atoms with E-state index in [2.05, 4.69) is 37.2 Å². The van der Waals surface area contributed by atoms with Gasteiger partial charge < -0.3 is 0 Å². The summed E-state index contributed by atoms with van der Waals surface area (Å²) in [4.78, 5) is 36.8. The fourth-order valence-electron chi connectivity index (χ4n) is 1.66. The van der Waals surface area contributed by atoms with Crippen LogP contribution in [0.3, 0.4) is 0 Å². The normalized spacial score (nSPS) is 18.5. The zero-order chi connectivity index (χ0) is 14.4. The van der Waals surface area contributed by atoms with Crippen LogP contribution in [0, 0.1) is 5.41 Å². The zero-order valence-corrected chi connectivity index (χ0v) is 13.3. The Morgan fingerprint density at radius 2 is 1.79 bits per heavy atom. The third-order valence-corrected chi connectivity index (χ3v) is 4.01. The van der Waals surface area contributed by atoms with E-state index in [1.54, 1.807) is 18.2 Å². The van der Waals surface area contributed by atoms with Crippen LogP contribution >= 0.6 is 31.9 Å². The van der Waals surface area contributed by atoms with Crippen molar-refractivity contribution in [3.8, 4) is 0 Å². The van der Waals surface area contributed by atoms with Gasteiger partial charge in [-0.3, -0.25) is 14.9 Å². The molecule has 1 aromatic carbocycles. The highest BCUT2D eigenvalue weighted by atomic mass is 79.9. The Labute approximate surface area is 126 Å². The monoisotopic (exact) mass is 388 g/mol. The van der Waals surface area contributed by atoms with Gasteiger partial charge in [-0.1, -0.05) is 15.9 Å². The highest BCUT2D eigenvalue weighted by Gasteiger charge is 2.47. The lowest BCUT2D eigenvalue weighted by atomic mass is 9.88. The Morgan fingerprint density at radius 3 is 2.37 bits per heavy atom. The summed E-state index contributed by atoms with van der Waals surface area (Å²) in [5, 5.41) is 2.19. The molecule has 1 aliphatic rings. The molecule has 0 radical (unpaired) electrons. The number of amides is 4. The summed E-state index contributed by atoms with van der Waals surface area (Å²) in [7, 11) is 0. The standard InChI is InChI=1S/C12H10Br2N2O3/c1-12(2)9(17)15-11(19)16(10(12)18)8-4-3-6(13)5-7(8)14/h3-5H,1-2H3,(H,15,17,19). The molecule has 0 unspecified atom stereocenters.